The molecule has 0 saturated heterocycles. The molecule has 1 aromatic carbocycles. The SMILES string of the molecule is CC1(N)CCCCC1C(=O)NCc1ccc(-n2ccnc2)c(F)c1. The molecule has 1 amide bonds. The van der Waals surface area contributed by atoms with Gasteiger partial charge in [-0.1, -0.05) is 18.9 Å². The summed E-state index contributed by atoms with van der Waals surface area (Å²) in [7, 11) is 0. The topological polar surface area (TPSA) is 72.9 Å². The Morgan fingerprint density at radius 3 is 3.00 bits per heavy atom. The first kappa shape index (κ1) is 16.6. The van der Waals surface area contributed by atoms with Crippen molar-refractivity contribution in [2.45, 2.75) is 44.7 Å². The molecule has 1 fully saturated rings. The lowest BCUT2D eigenvalue weighted by atomic mass is 9.74. The summed E-state index contributed by atoms with van der Waals surface area (Å²) < 4.78 is 15.8. The fraction of sp³-hybridized carbons (Fsp3) is 0.444. The second kappa shape index (κ2) is 6.73. The molecule has 6 heteroatoms. The van der Waals surface area contributed by atoms with Crippen molar-refractivity contribution in [2.75, 3.05) is 0 Å². The quantitative estimate of drug-likeness (QED) is 0.905. The summed E-state index contributed by atoms with van der Waals surface area (Å²) in [5.74, 6) is -0.568. The highest BCUT2D eigenvalue weighted by atomic mass is 19.1. The number of hydrogen-bond donors (Lipinski definition) is 2. The Balaban J connectivity index is 1.64. The van der Waals surface area contributed by atoms with Gasteiger partial charge in [0, 0.05) is 24.5 Å². The van der Waals surface area contributed by atoms with Gasteiger partial charge in [-0.3, -0.25) is 4.79 Å². The number of carbonyl (C=O) groups excluding carboxylic acids is 1. The summed E-state index contributed by atoms with van der Waals surface area (Å²) in [6.45, 7) is 2.24. The summed E-state index contributed by atoms with van der Waals surface area (Å²) in [6, 6.07) is 4.94. The fourth-order valence-corrected chi connectivity index (χ4v) is 3.37. The number of rotatable bonds is 4. The van der Waals surface area contributed by atoms with Gasteiger partial charge in [-0.15, -0.1) is 0 Å². The Bertz CT molecular complexity index is 712. The molecule has 0 aliphatic heterocycles. The second-order valence-electron chi connectivity index (χ2n) is 6.78. The van der Waals surface area contributed by atoms with Crippen molar-refractivity contribution in [1.82, 2.24) is 14.9 Å². The normalized spacial score (nSPS) is 23.9. The summed E-state index contributed by atoms with van der Waals surface area (Å²) in [5.41, 5.74) is 6.96. The molecular weight excluding hydrogens is 307 g/mol. The standard InChI is InChI=1S/C18H23FN4O/c1-18(20)7-3-2-4-14(18)17(24)22-11-13-5-6-16(15(19)10-13)23-9-8-21-12-23/h5-6,8-10,12,14H,2-4,7,11,20H2,1H3,(H,22,24). The molecule has 1 heterocycles. The lowest BCUT2D eigenvalue weighted by Crippen LogP contribution is -2.52. The number of amides is 1. The zero-order valence-electron chi connectivity index (χ0n) is 13.8. The minimum Gasteiger partial charge on any atom is -0.352 e. The number of halogens is 1. The highest BCUT2D eigenvalue weighted by Crippen LogP contribution is 2.31. The molecule has 1 saturated carbocycles. The van der Waals surface area contributed by atoms with Gasteiger partial charge in [-0.2, -0.15) is 0 Å². The van der Waals surface area contributed by atoms with Crippen LogP contribution in [0, 0.1) is 11.7 Å². The van der Waals surface area contributed by atoms with E-state index < -0.39 is 5.54 Å². The van der Waals surface area contributed by atoms with Gasteiger partial charge in [0.05, 0.1) is 17.9 Å². The lowest BCUT2D eigenvalue weighted by Gasteiger charge is -2.37. The molecule has 1 aliphatic carbocycles. The minimum atomic E-state index is -0.459. The van der Waals surface area contributed by atoms with E-state index in [1.165, 1.54) is 6.07 Å². The van der Waals surface area contributed by atoms with Crippen LogP contribution in [-0.4, -0.2) is 21.0 Å². The van der Waals surface area contributed by atoms with Crippen molar-refractivity contribution in [3.8, 4) is 5.69 Å². The van der Waals surface area contributed by atoms with E-state index in [9.17, 15) is 9.18 Å². The van der Waals surface area contributed by atoms with Crippen molar-refractivity contribution in [1.29, 1.82) is 0 Å². The maximum absolute atomic E-state index is 14.2. The van der Waals surface area contributed by atoms with Crippen molar-refractivity contribution in [2.24, 2.45) is 11.7 Å². The van der Waals surface area contributed by atoms with Gasteiger partial charge in [0.1, 0.15) is 5.82 Å². The van der Waals surface area contributed by atoms with Gasteiger partial charge in [-0.05, 0) is 37.5 Å². The molecule has 1 aromatic heterocycles. The van der Waals surface area contributed by atoms with Crippen molar-refractivity contribution >= 4 is 5.91 Å². The van der Waals surface area contributed by atoms with E-state index in [1.807, 2.05) is 6.92 Å². The average Bonchev–Trinajstić information content (AvgIpc) is 3.06. The number of nitrogens with zero attached hydrogens (tertiary/aromatic N) is 2. The van der Waals surface area contributed by atoms with Crippen LogP contribution in [0.2, 0.25) is 0 Å². The van der Waals surface area contributed by atoms with Crippen LogP contribution in [-0.2, 0) is 11.3 Å². The van der Waals surface area contributed by atoms with Gasteiger partial charge in [-0.25, -0.2) is 9.37 Å². The predicted octanol–water partition coefficient (Wildman–Crippen LogP) is 2.54. The highest BCUT2D eigenvalue weighted by molar-refractivity contribution is 5.80. The summed E-state index contributed by atoms with van der Waals surface area (Å²) >= 11 is 0. The van der Waals surface area contributed by atoms with E-state index in [-0.39, 0.29) is 17.6 Å². The first-order valence-corrected chi connectivity index (χ1v) is 8.31. The Morgan fingerprint density at radius 2 is 2.33 bits per heavy atom. The molecule has 1 aliphatic rings. The van der Waals surface area contributed by atoms with E-state index in [1.54, 1.807) is 35.4 Å². The maximum atomic E-state index is 14.2. The van der Waals surface area contributed by atoms with E-state index in [0.29, 0.717) is 12.2 Å². The Kier molecular flexibility index (Phi) is 4.66. The first-order valence-electron chi connectivity index (χ1n) is 8.31. The third-order valence-electron chi connectivity index (χ3n) is 4.83. The van der Waals surface area contributed by atoms with E-state index in [4.69, 9.17) is 5.73 Å². The summed E-state index contributed by atoms with van der Waals surface area (Å²) in [5, 5.41) is 2.90. The van der Waals surface area contributed by atoms with E-state index in [2.05, 4.69) is 10.3 Å². The predicted molar refractivity (Wildman–Crippen MR) is 89.9 cm³/mol. The van der Waals surface area contributed by atoms with Crippen LogP contribution < -0.4 is 11.1 Å². The Labute approximate surface area is 141 Å². The molecule has 3 N–H and O–H groups in total. The molecule has 2 aromatic rings. The Morgan fingerprint density at radius 1 is 1.50 bits per heavy atom. The molecule has 128 valence electrons. The minimum absolute atomic E-state index is 0.0428. The molecule has 3 rings (SSSR count). The van der Waals surface area contributed by atoms with Gasteiger partial charge in [0.2, 0.25) is 5.91 Å². The molecule has 0 spiro atoms. The maximum Gasteiger partial charge on any atom is 0.225 e. The molecule has 24 heavy (non-hydrogen) atoms. The van der Waals surface area contributed by atoms with Crippen LogP contribution in [0.3, 0.4) is 0 Å². The van der Waals surface area contributed by atoms with Crippen LogP contribution in [0.4, 0.5) is 4.39 Å². The number of hydrogen-bond acceptors (Lipinski definition) is 3. The average molecular weight is 330 g/mol. The lowest BCUT2D eigenvalue weighted by molar-refractivity contribution is -0.128. The first-order chi connectivity index (χ1) is 11.5. The number of carbonyl (C=O) groups is 1. The van der Waals surface area contributed by atoms with Crippen LogP contribution in [0.15, 0.2) is 36.9 Å². The number of benzene rings is 1. The van der Waals surface area contributed by atoms with E-state index in [0.717, 1.165) is 31.2 Å². The highest BCUT2D eigenvalue weighted by Gasteiger charge is 2.37. The van der Waals surface area contributed by atoms with Gasteiger partial charge in [0.25, 0.3) is 0 Å². The monoisotopic (exact) mass is 330 g/mol. The summed E-state index contributed by atoms with van der Waals surface area (Å²) in [4.78, 5) is 16.3. The molecule has 2 unspecified atom stereocenters. The van der Waals surface area contributed by atoms with Crippen LogP contribution in [0.5, 0.6) is 0 Å². The molecular formula is C18H23FN4O. The third kappa shape index (κ3) is 3.48. The largest absolute Gasteiger partial charge is 0.352 e. The Hall–Kier alpha value is -2.21. The van der Waals surface area contributed by atoms with Crippen LogP contribution in [0.25, 0.3) is 5.69 Å². The smallest absolute Gasteiger partial charge is 0.225 e. The molecule has 5 nitrogen and oxygen atoms in total. The molecule has 0 radical (unpaired) electrons. The van der Waals surface area contributed by atoms with Crippen molar-refractivity contribution in [3.05, 3.63) is 48.3 Å². The molecule has 0 bridgehead atoms. The zero-order valence-corrected chi connectivity index (χ0v) is 13.8. The molecule has 2 atom stereocenters. The van der Waals surface area contributed by atoms with Gasteiger partial charge >= 0.3 is 0 Å². The van der Waals surface area contributed by atoms with E-state index >= 15 is 0 Å². The second-order valence-corrected chi connectivity index (χ2v) is 6.78. The van der Waals surface area contributed by atoms with Gasteiger partial charge < -0.3 is 15.6 Å². The number of aromatic nitrogens is 2. The van der Waals surface area contributed by atoms with Crippen molar-refractivity contribution < 1.29 is 9.18 Å². The van der Waals surface area contributed by atoms with Crippen LogP contribution >= 0.6 is 0 Å². The van der Waals surface area contributed by atoms with Crippen molar-refractivity contribution in [3.63, 3.8) is 0 Å². The number of nitrogens with two attached hydrogens (primary N) is 1. The van der Waals surface area contributed by atoms with Gasteiger partial charge in [0.15, 0.2) is 0 Å². The fourth-order valence-electron chi connectivity index (χ4n) is 3.37. The summed E-state index contributed by atoms with van der Waals surface area (Å²) in [6.07, 6.45) is 8.60. The number of imidazole rings is 1. The number of nitrogens with one attached hydrogen (secondary N) is 1. The third-order valence-corrected chi connectivity index (χ3v) is 4.83. The van der Waals surface area contributed by atoms with Crippen LogP contribution in [0.1, 0.15) is 38.2 Å². The zero-order chi connectivity index (χ0) is 17.2.